The molecule has 22 heavy (non-hydrogen) atoms. The van der Waals surface area contributed by atoms with Crippen LogP contribution in [0.2, 0.25) is 0 Å². The van der Waals surface area contributed by atoms with Crippen molar-refractivity contribution in [3.05, 3.63) is 28.2 Å². The SMILES string of the molecule is O=C(O)c1cn(CC23CC4CC(CC(C4)C2)C3)cc(O)c1=O. The molecule has 0 unspecified atom stereocenters. The van der Waals surface area contributed by atoms with Gasteiger partial charge in [0.15, 0.2) is 5.75 Å². The molecule has 4 saturated carbocycles. The van der Waals surface area contributed by atoms with Crippen LogP contribution in [0.25, 0.3) is 0 Å². The minimum absolute atomic E-state index is 0.228. The number of carboxylic acid groups (broad SMARTS) is 1. The Kier molecular flexibility index (Phi) is 2.90. The largest absolute Gasteiger partial charge is 0.503 e. The van der Waals surface area contributed by atoms with Crippen LogP contribution < -0.4 is 5.43 Å². The number of hydrogen-bond acceptors (Lipinski definition) is 3. The fraction of sp³-hybridized carbons (Fsp3) is 0.647. The van der Waals surface area contributed by atoms with Gasteiger partial charge in [-0.3, -0.25) is 4.79 Å². The highest BCUT2D eigenvalue weighted by atomic mass is 16.4. The number of pyridine rings is 1. The van der Waals surface area contributed by atoms with Crippen molar-refractivity contribution in [2.45, 2.75) is 45.1 Å². The smallest absolute Gasteiger partial charge is 0.341 e. The number of aromatic hydroxyl groups is 1. The van der Waals surface area contributed by atoms with Crippen molar-refractivity contribution in [1.29, 1.82) is 0 Å². The Bertz CT molecular complexity index is 655. The molecule has 1 aromatic rings. The zero-order valence-corrected chi connectivity index (χ0v) is 12.5. The van der Waals surface area contributed by atoms with Crippen molar-refractivity contribution in [2.75, 3.05) is 0 Å². The Morgan fingerprint density at radius 2 is 1.68 bits per heavy atom. The zero-order chi connectivity index (χ0) is 15.5. The van der Waals surface area contributed by atoms with Gasteiger partial charge in [-0.05, 0) is 61.7 Å². The molecule has 4 aliphatic rings. The van der Waals surface area contributed by atoms with Crippen LogP contribution in [0.15, 0.2) is 17.2 Å². The fourth-order valence-corrected chi connectivity index (χ4v) is 5.73. The fourth-order valence-electron chi connectivity index (χ4n) is 5.73. The first kappa shape index (κ1) is 13.9. The number of hydrogen-bond donors (Lipinski definition) is 2. The van der Waals surface area contributed by atoms with E-state index in [1.807, 2.05) is 0 Å². The van der Waals surface area contributed by atoms with Crippen LogP contribution in [0.4, 0.5) is 0 Å². The lowest BCUT2D eigenvalue weighted by Gasteiger charge is -2.57. The van der Waals surface area contributed by atoms with Gasteiger partial charge in [-0.25, -0.2) is 4.79 Å². The third kappa shape index (κ3) is 2.14. The van der Waals surface area contributed by atoms with Gasteiger partial charge in [0.25, 0.3) is 0 Å². The van der Waals surface area contributed by atoms with Gasteiger partial charge in [-0.15, -0.1) is 0 Å². The molecule has 0 aliphatic heterocycles. The van der Waals surface area contributed by atoms with Crippen LogP contribution in [-0.4, -0.2) is 20.7 Å². The summed E-state index contributed by atoms with van der Waals surface area (Å²) in [5.74, 6) is 0.708. The van der Waals surface area contributed by atoms with E-state index in [1.165, 1.54) is 50.9 Å². The standard InChI is InChI=1S/C17H21NO4/c19-14-8-18(7-13(15(14)20)16(21)22)9-17-4-10-1-11(5-17)3-12(2-10)6-17/h7-8,10-12,19H,1-6,9H2,(H,21,22). The molecule has 4 bridgehead atoms. The van der Waals surface area contributed by atoms with Gasteiger partial charge in [0.1, 0.15) is 5.56 Å². The summed E-state index contributed by atoms with van der Waals surface area (Å²) in [5, 5.41) is 18.9. The van der Waals surface area contributed by atoms with Crippen LogP contribution in [0, 0.1) is 23.2 Å². The van der Waals surface area contributed by atoms with Crippen LogP contribution in [0.5, 0.6) is 5.75 Å². The minimum Gasteiger partial charge on any atom is -0.503 e. The molecule has 1 aromatic heterocycles. The first-order chi connectivity index (χ1) is 10.4. The Labute approximate surface area is 128 Å². The second-order valence-corrected chi connectivity index (χ2v) is 7.78. The minimum atomic E-state index is -1.28. The molecule has 118 valence electrons. The van der Waals surface area contributed by atoms with Gasteiger partial charge in [0.2, 0.25) is 5.43 Å². The molecular weight excluding hydrogens is 282 g/mol. The first-order valence-electron chi connectivity index (χ1n) is 8.10. The van der Waals surface area contributed by atoms with Crippen molar-refractivity contribution >= 4 is 5.97 Å². The van der Waals surface area contributed by atoms with E-state index < -0.39 is 17.1 Å². The van der Waals surface area contributed by atoms with Crippen molar-refractivity contribution < 1.29 is 15.0 Å². The number of carbonyl (C=O) groups is 1. The average molecular weight is 303 g/mol. The highest BCUT2D eigenvalue weighted by molar-refractivity contribution is 5.87. The summed E-state index contributed by atoms with van der Waals surface area (Å²) in [6.45, 7) is 0.713. The highest BCUT2D eigenvalue weighted by Gasteiger charge is 2.50. The van der Waals surface area contributed by atoms with E-state index in [1.54, 1.807) is 4.57 Å². The van der Waals surface area contributed by atoms with E-state index >= 15 is 0 Å². The monoisotopic (exact) mass is 303 g/mol. The Morgan fingerprint density at radius 3 is 2.18 bits per heavy atom. The predicted molar refractivity (Wildman–Crippen MR) is 79.9 cm³/mol. The summed E-state index contributed by atoms with van der Waals surface area (Å²) in [6, 6.07) is 0. The second-order valence-electron chi connectivity index (χ2n) is 7.78. The van der Waals surface area contributed by atoms with Crippen LogP contribution in [0.3, 0.4) is 0 Å². The van der Waals surface area contributed by atoms with Crippen LogP contribution in [-0.2, 0) is 6.54 Å². The third-order valence-electron chi connectivity index (χ3n) is 5.97. The molecule has 5 heteroatoms. The Morgan fingerprint density at radius 1 is 1.14 bits per heavy atom. The molecule has 5 rings (SSSR count). The molecule has 4 aliphatic carbocycles. The quantitative estimate of drug-likeness (QED) is 0.899. The van der Waals surface area contributed by atoms with Crippen molar-refractivity contribution in [2.24, 2.45) is 23.2 Å². The topological polar surface area (TPSA) is 79.5 Å². The van der Waals surface area contributed by atoms with E-state index in [9.17, 15) is 14.7 Å². The zero-order valence-electron chi connectivity index (χ0n) is 12.5. The molecule has 0 spiro atoms. The van der Waals surface area contributed by atoms with Gasteiger partial charge in [-0.2, -0.15) is 0 Å². The molecule has 4 fully saturated rings. The highest BCUT2D eigenvalue weighted by Crippen LogP contribution is 2.60. The number of aromatic nitrogens is 1. The molecule has 0 aromatic carbocycles. The van der Waals surface area contributed by atoms with E-state index in [-0.39, 0.29) is 11.0 Å². The lowest BCUT2D eigenvalue weighted by molar-refractivity contribution is -0.0620. The summed E-state index contributed by atoms with van der Waals surface area (Å²) < 4.78 is 1.73. The first-order valence-corrected chi connectivity index (χ1v) is 8.10. The number of aromatic carboxylic acids is 1. The number of nitrogens with zero attached hydrogens (tertiary/aromatic N) is 1. The third-order valence-corrected chi connectivity index (χ3v) is 5.97. The van der Waals surface area contributed by atoms with Crippen LogP contribution in [0.1, 0.15) is 48.9 Å². The van der Waals surface area contributed by atoms with Crippen LogP contribution >= 0.6 is 0 Å². The van der Waals surface area contributed by atoms with Gasteiger partial charge in [0.05, 0.1) is 0 Å². The predicted octanol–water partition coefficient (Wildman–Crippen LogP) is 2.47. The van der Waals surface area contributed by atoms with E-state index in [0.717, 1.165) is 17.8 Å². The van der Waals surface area contributed by atoms with Crippen molar-refractivity contribution in [1.82, 2.24) is 4.57 Å². The lowest BCUT2D eigenvalue weighted by Crippen LogP contribution is -2.48. The molecule has 0 amide bonds. The summed E-state index contributed by atoms with van der Waals surface area (Å²) in [4.78, 5) is 22.8. The van der Waals surface area contributed by atoms with Gasteiger partial charge < -0.3 is 14.8 Å². The lowest BCUT2D eigenvalue weighted by atomic mass is 9.49. The maximum Gasteiger partial charge on any atom is 0.341 e. The Balaban J connectivity index is 1.66. The summed E-state index contributed by atoms with van der Waals surface area (Å²) in [5.41, 5.74) is -0.912. The van der Waals surface area contributed by atoms with E-state index in [4.69, 9.17) is 5.11 Å². The van der Waals surface area contributed by atoms with Crippen molar-refractivity contribution in [3.63, 3.8) is 0 Å². The maximum atomic E-state index is 11.7. The number of carboxylic acids is 1. The molecule has 0 saturated heterocycles. The van der Waals surface area contributed by atoms with Gasteiger partial charge >= 0.3 is 5.97 Å². The second kappa shape index (κ2) is 4.61. The summed E-state index contributed by atoms with van der Waals surface area (Å²) >= 11 is 0. The molecule has 0 atom stereocenters. The Hall–Kier alpha value is -1.78. The molecule has 2 N–H and O–H groups in total. The summed E-state index contributed by atoms with van der Waals surface area (Å²) in [7, 11) is 0. The summed E-state index contributed by atoms with van der Waals surface area (Å²) in [6.07, 6.45) is 10.5. The van der Waals surface area contributed by atoms with Gasteiger partial charge in [0, 0.05) is 18.9 Å². The van der Waals surface area contributed by atoms with E-state index in [2.05, 4.69) is 0 Å². The molecule has 0 radical (unpaired) electrons. The molecule has 5 nitrogen and oxygen atoms in total. The van der Waals surface area contributed by atoms with E-state index in [0.29, 0.717) is 6.54 Å². The number of rotatable bonds is 3. The normalized spacial score (nSPS) is 35.7. The molecular formula is C17H21NO4. The molecule has 1 heterocycles. The van der Waals surface area contributed by atoms with Gasteiger partial charge in [-0.1, -0.05) is 0 Å². The van der Waals surface area contributed by atoms with Crippen molar-refractivity contribution in [3.8, 4) is 5.75 Å². The maximum absolute atomic E-state index is 11.7. The average Bonchev–Trinajstić information content (AvgIpc) is 2.40.